The number of tetrazole rings is 1. The van der Waals surface area contributed by atoms with Gasteiger partial charge in [0.05, 0.1) is 18.5 Å². The van der Waals surface area contributed by atoms with Crippen LogP contribution in [0.2, 0.25) is 0 Å². The number of rotatable bonds is 7. The fraction of sp³-hybridized carbons (Fsp3) is 0.158. The van der Waals surface area contributed by atoms with Gasteiger partial charge in [-0.3, -0.25) is 4.79 Å². The van der Waals surface area contributed by atoms with E-state index in [1.54, 1.807) is 23.3 Å². The van der Waals surface area contributed by atoms with Crippen LogP contribution in [-0.4, -0.2) is 33.2 Å². The molecule has 1 aromatic carbocycles. The normalized spacial score (nSPS) is 10.8. The Morgan fingerprint density at radius 3 is 2.57 bits per heavy atom. The molecule has 0 spiro atoms. The van der Waals surface area contributed by atoms with Crippen molar-refractivity contribution in [2.45, 2.75) is 13.1 Å². The van der Waals surface area contributed by atoms with Gasteiger partial charge in [-0.2, -0.15) is 4.80 Å². The molecule has 0 saturated heterocycles. The molecule has 0 aliphatic carbocycles. The second-order valence-corrected chi connectivity index (χ2v) is 7.86. The number of nitrogens with zero attached hydrogens (tertiary/aromatic N) is 5. The van der Waals surface area contributed by atoms with Gasteiger partial charge in [-0.05, 0) is 52.4 Å². The summed E-state index contributed by atoms with van der Waals surface area (Å²) < 4.78 is 5.22. The zero-order chi connectivity index (χ0) is 19.3. The van der Waals surface area contributed by atoms with Gasteiger partial charge in [0.25, 0.3) is 5.91 Å². The highest BCUT2D eigenvalue weighted by Gasteiger charge is 2.19. The minimum Gasteiger partial charge on any atom is -0.497 e. The van der Waals surface area contributed by atoms with E-state index in [-0.39, 0.29) is 12.5 Å². The molecule has 0 fully saturated rings. The average Bonchev–Trinajstić information content (AvgIpc) is 3.48. The summed E-state index contributed by atoms with van der Waals surface area (Å²) in [5.41, 5.74) is 0.790. The topological polar surface area (TPSA) is 73.1 Å². The molecule has 3 aromatic heterocycles. The van der Waals surface area contributed by atoms with Gasteiger partial charge in [0.2, 0.25) is 5.82 Å². The summed E-state index contributed by atoms with van der Waals surface area (Å²) in [6.07, 6.45) is 0. The molecule has 4 aromatic rings. The van der Waals surface area contributed by atoms with Crippen molar-refractivity contribution in [1.29, 1.82) is 0 Å². The highest BCUT2D eigenvalue weighted by atomic mass is 32.1. The molecule has 142 valence electrons. The smallest absolute Gasteiger partial charge is 0.250 e. The van der Waals surface area contributed by atoms with Crippen LogP contribution >= 0.6 is 22.7 Å². The van der Waals surface area contributed by atoms with E-state index in [4.69, 9.17) is 4.74 Å². The van der Waals surface area contributed by atoms with Crippen LogP contribution in [0.4, 0.5) is 5.69 Å². The van der Waals surface area contributed by atoms with Gasteiger partial charge >= 0.3 is 0 Å². The number of anilines is 1. The van der Waals surface area contributed by atoms with E-state index in [0.29, 0.717) is 12.4 Å². The number of carbonyl (C=O) groups excluding carboxylic acids is 1. The number of thiophene rings is 2. The molecule has 0 bridgehead atoms. The Labute approximate surface area is 169 Å². The highest BCUT2D eigenvalue weighted by Crippen LogP contribution is 2.23. The summed E-state index contributed by atoms with van der Waals surface area (Å²) in [4.78, 5) is 18.1. The molecule has 7 nitrogen and oxygen atoms in total. The van der Waals surface area contributed by atoms with E-state index in [1.807, 2.05) is 59.3 Å². The second-order valence-electron chi connectivity index (χ2n) is 5.88. The highest BCUT2D eigenvalue weighted by molar-refractivity contribution is 7.13. The van der Waals surface area contributed by atoms with Gasteiger partial charge in [0.1, 0.15) is 12.3 Å². The molecule has 0 saturated carbocycles. The summed E-state index contributed by atoms with van der Waals surface area (Å²) in [5.74, 6) is 1.15. The van der Waals surface area contributed by atoms with Crippen molar-refractivity contribution in [3.63, 3.8) is 0 Å². The minimum absolute atomic E-state index is 0.00970. The molecule has 28 heavy (non-hydrogen) atoms. The number of amides is 1. The Hall–Kier alpha value is -3.04. The number of ether oxygens (including phenoxy) is 1. The Morgan fingerprint density at radius 1 is 1.11 bits per heavy atom. The third-order valence-electron chi connectivity index (χ3n) is 4.05. The lowest BCUT2D eigenvalue weighted by Crippen LogP contribution is -2.33. The lowest BCUT2D eigenvalue weighted by atomic mass is 10.2. The number of benzene rings is 1. The number of hydrogen-bond acceptors (Lipinski definition) is 7. The molecule has 0 aliphatic heterocycles. The van der Waals surface area contributed by atoms with Crippen LogP contribution in [0.3, 0.4) is 0 Å². The number of carbonyl (C=O) groups is 1. The van der Waals surface area contributed by atoms with Crippen molar-refractivity contribution in [2.75, 3.05) is 12.0 Å². The fourth-order valence-corrected chi connectivity index (χ4v) is 4.01. The zero-order valence-electron chi connectivity index (χ0n) is 15.1. The molecular weight excluding hydrogens is 394 g/mol. The van der Waals surface area contributed by atoms with Gasteiger partial charge < -0.3 is 9.64 Å². The SMILES string of the molecule is COc1ccc(N(Cc2cccs2)C(=O)Cn2nnc(-c3cccs3)n2)cc1. The van der Waals surface area contributed by atoms with Crippen molar-refractivity contribution in [3.8, 4) is 16.5 Å². The Bertz CT molecular complexity index is 1030. The molecular formula is C19H17N5O2S2. The molecule has 4 rings (SSSR count). The van der Waals surface area contributed by atoms with Gasteiger partial charge in [0, 0.05) is 10.6 Å². The molecule has 0 unspecified atom stereocenters. The molecule has 9 heteroatoms. The first kappa shape index (κ1) is 18.3. The minimum atomic E-state index is -0.117. The van der Waals surface area contributed by atoms with E-state index in [2.05, 4.69) is 15.4 Å². The molecule has 1 amide bonds. The van der Waals surface area contributed by atoms with Gasteiger partial charge in [0.15, 0.2) is 0 Å². The van der Waals surface area contributed by atoms with E-state index in [1.165, 1.54) is 16.1 Å². The second kappa shape index (κ2) is 8.32. The Kier molecular flexibility index (Phi) is 5.45. The van der Waals surface area contributed by atoms with Crippen LogP contribution in [0.25, 0.3) is 10.7 Å². The van der Waals surface area contributed by atoms with E-state index >= 15 is 0 Å². The van der Waals surface area contributed by atoms with Gasteiger partial charge in [-0.25, -0.2) is 0 Å². The first-order chi connectivity index (χ1) is 13.7. The molecule has 0 N–H and O–H groups in total. The van der Waals surface area contributed by atoms with Crippen LogP contribution in [0.1, 0.15) is 4.88 Å². The molecule has 0 atom stereocenters. The van der Waals surface area contributed by atoms with Crippen molar-refractivity contribution in [3.05, 3.63) is 64.2 Å². The predicted molar refractivity (Wildman–Crippen MR) is 110 cm³/mol. The summed E-state index contributed by atoms with van der Waals surface area (Å²) >= 11 is 3.15. The number of aromatic nitrogens is 4. The van der Waals surface area contributed by atoms with Crippen molar-refractivity contribution in [1.82, 2.24) is 20.2 Å². The third-order valence-corrected chi connectivity index (χ3v) is 5.78. The van der Waals surface area contributed by atoms with Crippen LogP contribution < -0.4 is 9.64 Å². The summed E-state index contributed by atoms with van der Waals surface area (Å²) in [6.45, 7) is 0.491. The van der Waals surface area contributed by atoms with Crippen LogP contribution in [0.5, 0.6) is 5.75 Å². The standard InChI is InChI=1S/C19H17N5O2S2/c1-26-15-8-6-14(7-9-15)23(12-16-4-2-10-27-16)18(25)13-24-21-19(20-22-24)17-5-3-11-28-17/h2-11H,12-13H2,1H3. The quantitative estimate of drug-likeness (QED) is 0.464. The summed E-state index contributed by atoms with van der Waals surface area (Å²) in [7, 11) is 1.62. The molecule has 3 heterocycles. The fourth-order valence-electron chi connectivity index (χ4n) is 2.66. The zero-order valence-corrected chi connectivity index (χ0v) is 16.7. The first-order valence-electron chi connectivity index (χ1n) is 8.51. The number of hydrogen-bond donors (Lipinski definition) is 0. The van der Waals surface area contributed by atoms with Crippen molar-refractivity contribution >= 4 is 34.3 Å². The lowest BCUT2D eigenvalue weighted by Gasteiger charge is -2.22. The van der Waals surface area contributed by atoms with E-state index in [9.17, 15) is 4.79 Å². The van der Waals surface area contributed by atoms with Crippen molar-refractivity contribution < 1.29 is 9.53 Å². The number of methoxy groups -OCH3 is 1. The van der Waals surface area contributed by atoms with Crippen LogP contribution in [0, 0.1) is 0 Å². The van der Waals surface area contributed by atoms with Crippen molar-refractivity contribution in [2.24, 2.45) is 0 Å². The maximum Gasteiger partial charge on any atom is 0.250 e. The summed E-state index contributed by atoms with van der Waals surface area (Å²) in [5, 5.41) is 16.4. The van der Waals surface area contributed by atoms with Crippen LogP contribution in [-0.2, 0) is 17.9 Å². The maximum atomic E-state index is 13.1. The van der Waals surface area contributed by atoms with E-state index < -0.39 is 0 Å². The molecule has 0 aliphatic rings. The Balaban J connectivity index is 1.55. The maximum absolute atomic E-state index is 13.1. The molecule has 0 radical (unpaired) electrons. The largest absolute Gasteiger partial charge is 0.497 e. The average molecular weight is 412 g/mol. The Morgan fingerprint density at radius 2 is 1.89 bits per heavy atom. The van der Waals surface area contributed by atoms with Gasteiger partial charge in [-0.15, -0.1) is 32.9 Å². The summed E-state index contributed by atoms with van der Waals surface area (Å²) in [6, 6.07) is 15.3. The lowest BCUT2D eigenvalue weighted by molar-refractivity contribution is -0.119. The monoisotopic (exact) mass is 411 g/mol. The van der Waals surface area contributed by atoms with E-state index in [0.717, 1.165) is 21.2 Å². The van der Waals surface area contributed by atoms with Crippen LogP contribution in [0.15, 0.2) is 59.3 Å². The predicted octanol–water partition coefficient (Wildman–Crippen LogP) is 3.71. The van der Waals surface area contributed by atoms with Gasteiger partial charge in [-0.1, -0.05) is 12.1 Å². The first-order valence-corrected chi connectivity index (χ1v) is 10.3. The third kappa shape index (κ3) is 4.10.